The van der Waals surface area contributed by atoms with Crippen molar-refractivity contribution >= 4 is 5.82 Å². The van der Waals surface area contributed by atoms with Gasteiger partial charge in [0.1, 0.15) is 23.9 Å². The van der Waals surface area contributed by atoms with Gasteiger partial charge in [-0.3, -0.25) is 14.2 Å². The van der Waals surface area contributed by atoms with E-state index >= 15 is 0 Å². The van der Waals surface area contributed by atoms with E-state index < -0.39 is 0 Å². The summed E-state index contributed by atoms with van der Waals surface area (Å²) in [6.07, 6.45) is 1.58. The molecule has 2 atom stereocenters. The molecule has 0 bridgehead atoms. The molecule has 0 spiro atoms. The van der Waals surface area contributed by atoms with Gasteiger partial charge in [-0.15, -0.1) is 0 Å². The van der Waals surface area contributed by atoms with Crippen LogP contribution < -0.4 is 26.1 Å². The predicted octanol–water partition coefficient (Wildman–Crippen LogP) is 1.76. The van der Waals surface area contributed by atoms with Gasteiger partial charge in [0.2, 0.25) is 0 Å². The van der Waals surface area contributed by atoms with Gasteiger partial charge in [0, 0.05) is 38.4 Å². The van der Waals surface area contributed by atoms with E-state index in [0.717, 1.165) is 37.6 Å². The Morgan fingerprint density at radius 1 is 0.967 bits per heavy atom. The highest BCUT2D eigenvalue weighted by Gasteiger charge is 2.36. The molecule has 2 saturated heterocycles. The largest absolute Gasteiger partial charge is 0.489 e. The van der Waals surface area contributed by atoms with Crippen molar-refractivity contribution in [1.29, 1.82) is 0 Å². The number of hydrogen-bond acceptors (Lipinski definition) is 5. The molecule has 0 unspecified atom stereocenters. The van der Waals surface area contributed by atoms with Crippen LogP contribution in [0.2, 0.25) is 0 Å². The summed E-state index contributed by atoms with van der Waals surface area (Å²) in [6, 6.07) is 16.5. The van der Waals surface area contributed by atoms with Gasteiger partial charge in [-0.1, -0.05) is 30.3 Å². The van der Waals surface area contributed by atoms with Crippen molar-refractivity contribution in [3.8, 4) is 11.4 Å². The van der Waals surface area contributed by atoms with Crippen LogP contribution in [0.25, 0.3) is 5.69 Å². The summed E-state index contributed by atoms with van der Waals surface area (Å²) in [5.74, 6) is 2.57. The van der Waals surface area contributed by atoms with E-state index in [-0.39, 0.29) is 11.1 Å². The van der Waals surface area contributed by atoms with Gasteiger partial charge >= 0.3 is 0 Å². The minimum Gasteiger partial charge on any atom is -0.489 e. The third-order valence-electron chi connectivity index (χ3n) is 6.00. The van der Waals surface area contributed by atoms with Gasteiger partial charge in [-0.05, 0) is 35.6 Å². The number of benzene rings is 1. The van der Waals surface area contributed by atoms with E-state index in [1.807, 2.05) is 36.4 Å². The molecule has 2 fully saturated rings. The first kappa shape index (κ1) is 18.7. The van der Waals surface area contributed by atoms with E-state index in [2.05, 4.69) is 15.2 Å². The quantitative estimate of drug-likeness (QED) is 0.678. The lowest BCUT2D eigenvalue weighted by Crippen LogP contribution is -2.29. The maximum atomic E-state index is 12.7. The zero-order valence-corrected chi connectivity index (χ0v) is 16.6. The lowest BCUT2D eigenvalue weighted by Gasteiger charge is -2.19. The van der Waals surface area contributed by atoms with E-state index in [1.54, 1.807) is 18.3 Å². The SMILES string of the molecule is O=c1[nH]c(N2C[C@H]3CNC[C@H]3C2)ccc1-n1ccc(OCc2ccccc2)cc1=O. The van der Waals surface area contributed by atoms with Crippen molar-refractivity contribution in [1.82, 2.24) is 14.9 Å². The van der Waals surface area contributed by atoms with Crippen LogP contribution >= 0.6 is 0 Å². The van der Waals surface area contributed by atoms with Gasteiger partial charge in [-0.2, -0.15) is 0 Å². The number of pyridine rings is 2. The number of nitrogens with zero attached hydrogens (tertiary/aromatic N) is 2. The average Bonchev–Trinajstić information content (AvgIpc) is 3.36. The van der Waals surface area contributed by atoms with Crippen LogP contribution in [0.1, 0.15) is 5.56 Å². The fourth-order valence-electron chi connectivity index (χ4n) is 4.37. The van der Waals surface area contributed by atoms with E-state index in [9.17, 15) is 9.59 Å². The Bertz CT molecular complexity index is 1140. The molecule has 7 heteroatoms. The Hall–Kier alpha value is -3.32. The predicted molar refractivity (Wildman–Crippen MR) is 115 cm³/mol. The molecule has 154 valence electrons. The first-order valence-electron chi connectivity index (χ1n) is 10.3. The highest BCUT2D eigenvalue weighted by Crippen LogP contribution is 2.29. The Labute approximate surface area is 173 Å². The Morgan fingerprint density at radius 3 is 2.43 bits per heavy atom. The molecule has 0 aliphatic carbocycles. The molecule has 4 heterocycles. The molecule has 0 radical (unpaired) electrons. The number of anilines is 1. The van der Waals surface area contributed by atoms with Crippen molar-refractivity contribution in [2.75, 3.05) is 31.1 Å². The van der Waals surface area contributed by atoms with Gasteiger partial charge in [0.05, 0.1) is 0 Å². The molecule has 2 N–H and O–H groups in total. The van der Waals surface area contributed by atoms with Crippen LogP contribution in [-0.4, -0.2) is 35.7 Å². The third-order valence-corrected chi connectivity index (χ3v) is 6.00. The normalized spacial score (nSPS) is 20.3. The molecule has 0 amide bonds. The van der Waals surface area contributed by atoms with Crippen molar-refractivity contribution in [2.24, 2.45) is 11.8 Å². The fraction of sp³-hybridized carbons (Fsp3) is 0.304. The molecule has 0 saturated carbocycles. The topological polar surface area (TPSA) is 79.4 Å². The number of aromatic nitrogens is 2. The fourth-order valence-corrected chi connectivity index (χ4v) is 4.37. The molecule has 7 nitrogen and oxygen atoms in total. The lowest BCUT2D eigenvalue weighted by atomic mass is 10.0. The number of fused-ring (bicyclic) bond motifs is 1. The highest BCUT2D eigenvalue weighted by atomic mass is 16.5. The second-order valence-corrected chi connectivity index (χ2v) is 7.99. The minimum atomic E-state index is -0.305. The van der Waals surface area contributed by atoms with Gasteiger partial charge in [0.25, 0.3) is 11.1 Å². The number of hydrogen-bond donors (Lipinski definition) is 2. The molecule has 1 aromatic carbocycles. The summed E-state index contributed by atoms with van der Waals surface area (Å²) in [7, 11) is 0. The van der Waals surface area contributed by atoms with Gasteiger partial charge in [0.15, 0.2) is 0 Å². The third kappa shape index (κ3) is 3.64. The number of rotatable bonds is 5. The van der Waals surface area contributed by atoms with Crippen molar-refractivity contribution in [2.45, 2.75) is 6.61 Å². The van der Waals surface area contributed by atoms with Crippen molar-refractivity contribution in [3.05, 3.63) is 87.1 Å². The molecular weight excluding hydrogens is 380 g/mol. The standard InChI is InChI=1S/C23H24N4O3/c28-22-10-19(30-15-16-4-2-1-3-5-16)8-9-27(22)20-6-7-21(25-23(20)29)26-13-17-11-24-12-18(17)14-26/h1-10,17-18,24H,11-15H2,(H,25,29)/t17-,18+. The number of nitrogens with one attached hydrogen (secondary N) is 2. The molecule has 5 rings (SSSR count). The second kappa shape index (κ2) is 7.84. The van der Waals surface area contributed by atoms with Crippen molar-refractivity contribution in [3.63, 3.8) is 0 Å². The molecule has 2 aliphatic heterocycles. The summed E-state index contributed by atoms with van der Waals surface area (Å²) < 4.78 is 7.05. The Balaban J connectivity index is 1.32. The molecule has 2 aromatic heterocycles. The van der Waals surface area contributed by atoms with E-state index in [0.29, 0.717) is 29.9 Å². The molecule has 2 aliphatic rings. The summed E-state index contributed by atoms with van der Waals surface area (Å²) in [5.41, 5.74) is 0.748. The van der Waals surface area contributed by atoms with Gasteiger partial charge in [-0.25, -0.2) is 0 Å². The number of aromatic amines is 1. The zero-order valence-electron chi connectivity index (χ0n) is 16.6. The first-order chi connectivity index (χ1) is 14.7. The summed E-state index contributed by atoms with van der Waals surface area (Å²) in [4.78, 5) is 30.5. The van der Waals surface area contributed by atoms with Crippen LogP contribution in [0.4, 0.5) is 5.82 Å². The molecule has 3 aromatic rings. The van der Waals surface area contributed by atoms with Crippen LogP contribution in [-0.2, 0) is 6.61 Å². The van der Waals surface area contributed by atoms with E-state index in [4.69, 9.17) is 4.74 Å². The van der Waals surface area contributed by atoms with Crippen LogP contribution in [0.3, 0.4) is 0 Å². The lowest BCUT2D eigenvalue weighted by molar-refractivity contribution is 0.305. The monoisotopic (exact) mass is 404 g/mol. The van der Waals surface area contributed by atoms with E-state index in [1.165, 1.54) is 10.6 Å². The minimum absolute atomic E-state index is 0.275. The second-order valence-electron chi connectivity index (χ2n) is 7.99. The zero-order chi connectivity index (χ0) is 20.5. The Kier molecular flexibility index (Phi) is 4.88. The number of ether oxygens (including phenoxy) is 1. The number of H-pyrrole nitrogens is 1. The highest BCUT2D eigenvalue weighted by molar-refractivity contribution is 5.45. The Morgan fingerprint density at radius 2 is 1.73 bits per heavy atom. The maximum Gasteiger partial charge on any atom is 0.273 e. The van der Waals surface area contributed by atoms with Crippen LogP contribution in [0.5, 0.6) is 5.75 Å². The average molecular weight is 404 g/mol. The summed E-state index contributed by atoms with van der Waals surface area (Å²) in [6.45, 7) is 4.35. The smallest absolute Gasteiger partial charge is 0.273 e. The maximum absolute atomic E-state index is 12.7. The van der Waals surface area contributed by atoms with Gasteiger partial charge < -0.3 is 19.9 Å². The van der Waals surface area contributed by atoms with Crippen LogP contribution in [0.15, 0.2) is 70.4 Å². The molecule has 30 heavy (non-hydrogen) atoms. The summed E-state index contributed by atoms with van der Waals surface area (Å²) >= 11 is 0. The molecular formula is C23H24N4O3. The summed E-state index contributed by atoms with van der Waals surface area (Å²) in [5, 5.41) is 3.42. The first-order valence-corrected chi connectivity index (χ1v) is 10.3. The van der Waals surface area contributed by atoms with Crippen molar-refractivity contribution < 1.29 is 4.74 Å². The van der Waals surface area contributed by atoms with Crippen LogP contribution in [0, 0.1) is 11.8 Å².